The second kappa shape index (κ2) is 9.22. The van der Waals surface area contributed by atoms with Gasteiger partial charge in [0.25, 0.3) is 0 Å². The number of benzene rings is 3. The van der Waals surface area contributed by atoms with Crippen molar-refractivity contribution in [3.8, 4) is 11.5 Å². The molecule has 0 aromatic heterocycles. The molecule has 0 fully saturated rings. The quantitative estimate of drug-likeness (QED) is 0.570. The maximum absolute atomic E-state index is 12.9. The third kappa shape index (κ3) is 5.44. The lowest BCUT2D eigenvalue weighted by Crippen LogP contribution is -2.45. The summed E-state index contributed by atoms with van der Waals surface area (Å²) >= 11 is 0. The van der Waals surface area contributed by atoms with Crippen molar-refractivity contribution in [2.75, 3.05) is 15.9 Å². The number of sulfonamides is 1. The molecule has 0 radical (unpaired) electrons. The van der Waals surface area contributed by atoms with Gasteiger partial charge in [-0.25, -0.2) is 8.42 Å². The molecule has 3 aromatic rings. The standard InChI is InChI=1S/C24H26N2O4S/c1-17-9-8-10-18(2)23(17)25-24(27)19(3)26(31(4,28)29)20-13-15-22(16-14-20)30-21-11-6-5-7-12-21/h5-16,19H,1-4H3,(H,25,27)/t19-/m1/s1. The van der Waals surface area contributed by atoms with Crippen LogP contribution >= 0.6 is 0 Å². The molecule has 7 heteroatoms. The fraction of sp³-hybridized carbons (Fsp3) is 0.208. The molecule has 6 nitrogen and oxygen atoms in total. The zero-order valence-corrected chi connectivity index (χ0v) is 18.8. The van der Waals surface area contributed by atoms with Crippen LogP contribution in [0.3, 0.4) is 0 Å². The molecule has 0 aliphatic heterocycles. The topological polar surface area (TPSA) is 75.7 Å². The SMILES string of the molecule is Cc1cccc(C)c1NC(=O)[C@@H](C)N(c1ccc(Oc2ccccc2)cc1)S(C)(=O)=O. The number of amides is 1. The van der Waals surface area contributed by atoms with E-state index in [0.29, 0.717) is 22.9 Å². The van der Waals surface area contributed by atoms with Gasteiger partial charge in [-0.2, -0.15) is 0 Å². The molecule has 0 bridgehead atoms. The molecule has 31 heavy (non-hydrogen) atoms. The van der Waals surface area contributed by atoms with E-state index in [0.717, 1.165) is 21.7 Å². The predicted octanol–water partition coefficient (Wildman–Crippen LogP) is 4.89. The third-order valence-electron chi connectivity index (χ3n) is 4.89. The Hall–Kier alpha value is -3.32. The zero-order chi connectivity index (χ0) is 22.6. The monoisotopic (exact) mass is 438 g/mol. The van der Waals surface area contributed by atoms with Gasteiger partial charge in [0.15, 0.2) is 0 Å². The van der Waals surface area contributed by atoms with Crippen LogP contribution in [0.5, 0.6) is 11.5 Å². The molecule has 1 atom stereocenters. The summed E-state index contributed by atoms with van der Waals surface area (Å²) in [5, 5.41) is 2.87. The van der Waals surface area contributed by atoms with E-state index in [1.54, 1.807) is 31.2 Å². The fourth-order valence-electron chi connectivity index (χ4n) is 3.33. The first-order valence-electron chi connectivity index (χ1n) is 9.86. The van der Waals surface area contributed by atoms with Crippen LogP contribution < -0.4 is 14.4 Å². The van der Waals surface area contributed by atoms with Crippen LogP contribution in [0, 0.1) is 13.8 Å². The number of carbonyl (C=O) groups excluding carboxylic acids is 1. The molecule has 0 unspecified atom stereocenters. The molecular formula is C24H26N2O4S. The van der Waals surface area contributed by atoms with Crippen molar-refractivity contribution in [3.63, 3.8) is 0 Å². The molecule has 0 heterocycles. The van der Waals surface area contributed by atoms with Gasteiger partial charge in [-0.3, -0.25) is 9.10 Å². The minimum atomic E-state index is -3.71. The normalized spacial score (nSPS) is 12.1. The number of anilines is 2. The first-order valence-corrected chi connectivity index (χ1v) is 11.7. The van der Waals surface area contributed by atoms with Crippen molar-refractivity contribution >= 4 is 27.3 Å². The lowest BCUT2D eigenvalue weighted by molar-refractivity contribution is -0.116. The van der Waals surface area contributed by atoms with E-state index in [-0.39, 0.29) is 0 Å². The minimum Gasteiger partial charge on any atom is -0.457 e. The van der Waals surface area contributed by atoms with Crippen molar-refractivity contribution in [3.05, 3.63) is 83.9 Å². The van der Waals surface area contributed by atoms with Crippen molar-refractivity contribution in [2.45, 2.75) is 26.8 Å². The van der Waals surface area contributed by atoms with E-state index in [9.17, 15) is 13.2 Å². The number of ether oxygens (including phenoxy) is 1. The van der Waals surface area contributed by atoms with Crippen LogP contribution in [0.1, 0.15) is 18.1 Å². The van der Waals surface area contributed by atoms with Gasteiger partial charge in [-0.1, -0.05) is 36.4 Å². The van der Waals surface area contributed by atoms with E-state index in [2.05, 4.69) is 5.32 Å². The first-order chi connectivity index (χ1) is 14.7. The molecular weight excluding hydrogens is 412 g/mol. The lowest BCUT2D eigenvalue weighted by Gasteiger charge is -2.28. The van der Waals surface area contributed by atoms with Crippen molar-refractivity contribution in [1.82, 2.24) is 0 Å². The lowest BCUT2D eigenvalue weighted by atomic mass is 10.1. The molecule has 1 amide bonds. The third-order valence-corrected chi connectivity index (χ3v) is 6.13. The van der Waals surface area contributed by atoms with Crippen LogP contribution in [0.2, 0.25) is 0 Å². The van der Waals surface area contributed by atoms with Gasteiger partial charge in [0.1, 0.15) is 17.5 Å². The van der Waals surface area contributed by atoms with Crippen LogP contribution in [-0.4, -0.2) is 26.6 Å². The fourth-order valence-corrected chi connectivity index (χ4v) is 4.51. The summed E-state index contributed by atoms with van der Waals surface area (Å²) in [5.74, 6) is 0.833. The second-order valence-electron chi connectivity index (χ2n) is 7.40. The van der Waals surface area contributed by atoms with Crippen molar-refractivity contribution in [2.24, 2.45) is 0 Å². The van der Waals surface area contributed by atoms with Crippen LogP contribution in [-0.2, 0) is 14.8 Å². The zero-order valence-electron chi connectivity index (χ0n) is 18.0. The highest BCUT2D eigenvalue weighted by atomic mass is 32.2. The molecule has 162 valence electrons. The molecule has 3 aromatic carbocycles. The number of carbonyl (C=O) groups is 1. The molecule has 1 N–H and O–H groups in total. The number of para-hydroxylation sites is 2. The highest BCUT2D eigenvalue weighted by molar-refractivity contribution is 7.92. The number of nitrogens with one attached hydrogen (secondary N) is 1. The Bertz CT molecular complexity index is 1140. The smallest absolute Gasteiger partial charge is 0.248 e. The van der Waals surface area contributed by atoms with Crippen LogP contribution in [0.4, 0.5) is 11.4 Å². The van der Waals surface area contributed by atoms with Gasteiger partial charge in [0, 0.05) is 5.69 Å². The summed E-state index contributed by atoms with van der Waals surface area (Å²) in [7, 11) is -3.71. The maximum atomic E-state index is 12.9. The molecule has 0 saturated heterocycles. The van der Waals surface area contributed by atoms with Gasteiger partial charge < -0.3 is 10.1 Å². The van der Waals surface area contributed by atoms with Crippen molar-refractivity contribution in [1.29, 1.82) is 0 Å². The predicted molar refractivity (Wildman–Crippen MR) is 124 cm³/mol. The van der Waals surface area contributed by atoms with Crippen molar-refractivity contribution < 1.29 is 17.9 Å². The highest BCUT2D eigenvalue weighted by Crippen LogP contribution is 2.28. The summed E-state index contributed by atoms with van der Waals surface area (Å²) in [6, 6.07) is 20.6. The van der Waals surface area contributed by atoms with E-state index in [1.165, 1.54) is 0 Å². The number of rotatable bonds is 7. The maximum Gasteiger partial charge on any atom is 0.248 e. The van der Waals surface area contributed by atoms with Crippen LogP contribution in [0.25, 0.3) is 0 Å². The van der Waals surface area contributed by atoms with Gasteiger partial charge in [-0.15, -0.1) is 0 Å². The van der Waals surface area contributed by atoms with Crippen LogP contribution in [0.15, 0.2) is 72.8 Å². The number of hydrogen-bond acceptors (Lipinski definition) is 4. The highest BCUT2D eigenvalue weighted by Gasteiger charge is 2.29. The van der Waals surface area contributed by atoms with E-state index < -0.39 is 22.0 Å². The molecule has 0 aliphatic rings. The minimum absolute atomic E-state index is 0.382. The average Bonchev–Trinajstić information content (AvgIpc) is 2.72. The molecule has 0 aliphatic carbocycles. The van der Waals surface area contributed by atoms with E-state index >= 15 is 0 Å². The molecule has 3 rings (SSSR count). The summed E-state index contributed by atoms with van der Waals surface area (Å²) in [5.41, 5.74) is 2.90. The number of hydrogen-bond donors (Lipinski definition) is 1. The van der Waals surface area contributed by atoms with Gasteiger partial charge >= 0.3 is 0 Å². The molecule has 0 saturated carbocycles. The largest absolute Gasteiger partial charge is 0.457 e. The number of aryl methyl sites for hydroxylation is 2. The Balaban J connectivity index is 1.84. The molecule has 0 spiro atoms. The Labute approximate surface area is 183 Å². The van der Waals surface area contributed by atoms with Gasteiger partial charge in [0.05, 0.1) is 11.9 Å². The second-order valence-corrected chi connectivity index (χ2v) is 9.26. The van der Waals surface area contributed by atoms with E-state index in [4.69, 9.17) is 4.74 Å². The average molecular weight is 439 g/mol. The Kier molecular flexibility index (Phi) is 6.65. The summed E-state index contributed by atoms with van der Waals surface area (Å²) in [6.45, 7) is 5.36. The van der Waals surface area contributed by atoms with Gasteiger partial charge in [0.2, 0.25) is 15.9 Å². The summed E-state index contributed by atoms with van der Waals surface area (Å²) in [4.78, 5) is 12.9. The Morgan fingerprint density at radius 1 is 0.871 bits per heavy atom. The Morgan fingerprint density at radius 2 is 1.42 bits per heavy atom. The first kappa shape index (κ1) is 22.4. The van der Waals surface area contributed by atoms with E-state index in [1.807, 2.05) is 62.4 Å². The summed E-state index contributed by atoms with van der Waals surface area (Å²) in [6.07, 6.45) is 1.09. The Morgan fingerprint density at radius 3 is 1.97 bits per heavy atom. The summed E-state index contributed by atoms with van der Waals surface area (Å²) < 4.78 is 32.0. The van der Waals surface area contributed by atoms with Gasteiger partial charge in [-0.05, 0) is 68.3 Å². The number of nitrogens with zero attached hydrogens (tertiary/aromatic N) is 1.